The lowest BCUT2D eigenvalue weighted by atomic mass is 9.95. The molecule has 0 aliphatic rings. The first-order valence-electron chi connectivity index (χ1n) is 41.3. The highest BCUT2D eigenvalue weighted by Gasteiger charge is 2.11. The highest BCUT2D eigenvalue weighted by Crippen LogP contribution is 2.37. The maximum absolute atomic E-state index is 2.26. The van der Waals surface area contributed by atoms with Crippen molar-refractivity contribution in [2.24, 2.45) is 0 Å². The van der Waals surface area contributed by atoms with Crippen molar-refractivity contribution in [3.05, 3.63) is 506 Å². The van der Waals surface area contributed by atoms with E-state index in [0.717, 1.165) is 0 Å². The van der Waals surface area contributed by atoms with Crippen LogP contribution < -0.4 is 0 Å². The van der Waals surface area contributed by atoms with Crippen LogP contribution in [0.1, 0.15) is 38.9 Å². The quantitative estimate of drug-likeness (QED) is 0.149. The molecule has 0 amide bonds. The minimum absolute atomic E-state index is 1.28. The van der Waals surface area contributed by atoms with Gasteiger partial charge in [-0.1, -0.05) is 484 Å². The highest BCUT2D eigenvalue weighted by molar-refractivity contribution is 6.03. The van der Waals surface area contributed by atoms with Gasteiger partial charge in [0.25, 0.3) is 0 Å². The topological polar surface area (TPSA) is 0 Å². The molecule has 574 valence electrons. The molecule has 0 saturated heterocycles. The standard InChI is InChI=1S/7C17H14/c1-13-7-2-4-10-15(13)17-12-6-9-14-8-3-5-11-16(14)17;1-13-6-4-9-15(12-13)17-11-5-8-14-7-2-3-10-16(14)17;1-13-9-11-15(12-10-13)17-8-4-6-14-5-2-3-7-16(14)17;1-13-7-5-12-17-15(13)10-6-11-16(17)14-8-3-2-4-9-14;1-13-11-15-9-5-6-10-16(15)17(12-13)14-7-3-2-4-8-14;1-13-11-12-16(14-7-3-2-4-8-14)17-10-6-5-9-15(13)17;1-13-10-11-17-15(12-13)8-5-9-16(17)14-6-3-2-4-7-14/h7*2-12H,1H3. The van der Waals surface area contributed by atoms with Gasteiger partial charge in [-0.25, -0.2) is 0 Å². The lowest BCUT2D eigenvalue weighted by molar-refractivity contribution is 1.47. The fourth-order valence-electron chi connectivity index (χ4n) is 16.1. The number of hydrogen-bond acceptors (Lipinski definition) is 0. The summed E-state index contributed by atoms with van der Waals surface area (Å²) in [6.45, 7) is 15.0. The summed E-state index contributed by atoms with van der Waals surface area (Å²) in [5.41, 5.74) is 27.4. The average molecular weight is 1530 g/mol. The zero-order valence-corrected chi connectivity index (χ0v) is 69.0. The van der Waals surface area contributed by atoms with E-state index in [1.165, 1.54) is 192 Å². The molecule has 0 aliphatic carbocycles. The molecule has 0 heterocycles. The van der Waals surface area contributed by atoms with Gasteiger partial charge in [-0.3, -0.25) is 0 Å². The van der Waals surface area contributed by atoms with Gasteiger partial charge < -0.3 is 0 Å². The Morgan fingerprint density at radius 3 is 0.899 bits per heavy atom. The summed E-state index contributed by atoms with van der Waals surface area (Å²) >= 11 is 0. The van der Waals surface area contributed by atoms with Crippen LogP contribution in [-0.4, -0.2) is 0 Å². The maximum Gasteiger partial charge on any atom is -0.0103 e. The van der Waals surface area contributed by atoms with E-state index in [0.29, 0.717) is 0 Å². The van der Waals surface area contributed by atoms with Crippen molar-refractivity contribution in [2.45, 2.75) is 48.5 Å². The molecule has 0 spiro atoms. The minimum Gasteiger partial charge on any atom is -0.0622 e. The largest absolute Gasteiger partial charge is 0.0622 e. The Labute approximate surface area is 703 Å². The van der Waals surface area contributed by atoms with Crippen LogP contribution in [-0.2, 0) is 0 Å². The zero-order chi connectivity index (χ0) is 81.7. The third kappa shape index (κ3) is 19.5. The molecule has 0 aromatic heterocycles. The molecule has 0 fully saturated rings. The first-order valence-corrected chi connectivity index (χ1v) is 41.3. The number of fused-ring (bicyclic) bond motifs is 7. The van der Waals surface area contributed by atoms with Gasteiger partial charge in [0.15, 0.2) is 0 Å². The first-order chi connectivity index (χ1) is 58.5. The van der Waals surface area contributed by atoms with E-state index in [4.69, 9.17) is 0 Å². The van der Waals surface area contributed by atoms with Gasteiger partial charge in [0.2, 0.25) is 0 Å². The SMILES string of the molecule is Cc1cc(-c2ccccc2)c2ccccc2c1.Cc1ccc(-c2cccc3ccccc23)cc1.Cc1ccc(-c2ccccc2)c2ccccc12.Cc1ccc2c(-c3ccccc3)cccc2c1.Cc1cccc(-c2cccc3ccccc23)c1.Cc1cccc2c(-c3ccccc3)cccc12.Cc1ccccc1-c1cccc2ccccc12. The molecule has 119 heavy (non-hydrogen) atoms. The fraction of sp³-hybridized carbons (Fsp3) is 0.0588. The van der Waals surface area contributed by atoms with Crippen LogP contribution in [0.15, 0.2) is 467 Å². The van der Waals surface area contributed by atoms with E-state index in [1.807, 2.05) is 0 Å². The van der Waals surface area contributed by atoms with Crippen LogP contribution in [0.4, 0.5) is 0 Å². The van der Waals surface area contributed by atoms with Crippen LogP contribution in [0.5, 0.6) is 0 Å². The predicted molar refractivity (Wildman–Crippen MR) is 519 cm³/mol. The molecular formula is C119H98. The van der Waals surface area contributed by atoms with E-state index in [-0.39, 0.29) is 0 Å². The van der Waals surface area contributed by atoms with E-state index >= 15 is 0 Å². The van der Waals surface area contributed by atoms with Crippen LogP contribution in [0.3, 0.4) is 0 Å². The van der Waals surface area contributed by atoms with Crippen molar-refractivity contribution < 1.29 is 0 Å². The summed E-state index contributed by atoms with van der Waals surface area (Å²) in [4.78, 5) is 0. The number of hydrogen-bond donors (Lipinski definition) is 0. The van der Waals surface area contributed by atoms with Gasteiger partial charge in [-0.05, 0) is 224 Å². The normalized spacial score (nSPS) is 10.6. The Kier molecular flexibility index (Phi) is 25.9. The average Bonchev–Trinajstić information content (AvgIpc) is 0.653. The lowest BCUT2D eigenvalue weighted by Crippen LogP contribution is -1.84. The van der Waals surface area contributed by atoms with Crippen LogP contribution in [0, 0.1) is 48.5 Å². The Hall–Kier alpha value is -14.6. The summed E-state index contributed by atoms with van der Waals surface area (Å²) in [5.74, 6) is 0. The van der Waals surface area contributed by atoms with E-state index in [1.54, 1.807) is 0 Å². The molecule has 21 rings (SSSR count). The number of aryl methyl sites for hydroxylation is 7. The third-order valence-electron chi connectivity index (χ3n) is 22.2. The molecule has 0 unspecified atom stereocenters. The smallest absolute Gasteiger partial charge is 0.0103 e. The summed E-state index contributed by atoms with van der Waals surface area (Å²) in [5, 5.41) is 18.5. The molecule has 0 heteroatoms. The summed E-state index contributed by atoms with van der Waals surface area (Å²) in [7, 11) is 0. The minimum atomic E-state index is 1.28. The van der Waals surface area contributed by atoms with Crippen molar-refractivity contribution in [1.29, 1.82) is 0 Å². The Bertz CT molecular complexity index is 6850. The molecule has 0 saturated carbocycles. The van der Waals surface area contributed by atoms with Crippen LogP contribution >= 0.6 is 0 Å². The van der Waals surface area contributed by atoms with Gasteiger partial charge in [-0.2, -0.15) is 0 Å². The zero-order valence-electron chi connectivity index (χ0n) is 69.0. The van der Waals surface area contributed by atoms with Crippen molar-refractivity contribution >= 4 is 75.4 Å². The molecule has 21 aromatic carbocycles. The van der Waals surface area contributed by atoms with Crippen molar-refractivity contribution in [3.63, 3.8) is 0 Å². The number of benzene rings is 21. The van der Waals surface area contributed by atoms with E-state index in [2.05, 4.69) is 516 Å². The highest BCUT2D eigenvalue weighted by atomic mass is 14.2. The van der Waals surface area contributed by atoms with Crippen LogP contribution in [0.25, 0.3) is 153 Å². The Balaban J connectivity index is 0.000000108. The maximum atomic E-state index is 2.26. The van der Waals surface area contributed by atoms with Gasteiger partial charge in [-0.15, -0.1) is 0 Å². The second kappa shape index (κ2) is 38.7. The fourth-order valence-corrected chi connectivity index (χ4v) is 16.1. The molecule has 0 aliphatic heterocycles. The molecule has 0 N–H and O–H groups in total. The molecule has 0 atom stereocenters. The molecule has 21 aromatic rings. The monoisotopic (exact) mass is 1530 g/mol. The van der Waals surface area contributed by atoms with Gasteiger partial charge in [0.1, 0.15) is 0 Å². The van der Waals surface area contributed by atoms with Gasteiger partial charge >= 0.3 is 0 Å². The predicted octanol–water partition coefficient (Wildman–Crippen LogP) is 33.7. The van der Waals surface area contributed by atoms with Gasteiger partial charge in [0.05, 0.1) is 0 Å². The molecule has 0 bridgehead atoms. The van der Waals surface area contributed by atoms with Crippen molar-refractivity contribution in [1.82, 2.24) is 0 Å². The Morgan fingerprint density at radius 1 is 0.109 bits per heavy atom. The lowest BCUT2D eigenvalue weighted by Gasteiger charge is -2.09. The molecular weight excluding hydrogens is 1430 g/mol. The van der Waals surface area contributed by atoms with Crippen molar-refractivity contribution in [2.75, 3.05) is 0 Å². The number of rotatable bonds is 7. The summed E-state index contributed by atoms with van der Waals surface area (Å²) in [6.07, 6.45) is 0. The third-order valence-corrected chi connectivity index (χ3v) is 22.2. The molecule has 0 nitrogen and oxygen atoms in total. The molecule has 0 radical (unpaired) electrons. The van der Waals surface area contributed by atoms with E-state index < -0.39 is 0 Å². The second-order valence-corrected chi connectivity index (χ2v) is 30.6. The van der Waals surface area contributed by atoms with E-state index in [9.17, 15) is 0 Å². The van der Waals surface area contributed by atoms with Crippen molar-refractivity contribution in [3.8, 4) is 77.9 Å². The first kappa shape index (κ1) is 79.7. The summed E-state index contributed by atoms with van der Waals surface area (Å²) < 4.78 is 0. The Morgan fingerprint density at radius 2 is 0.387 bits per heavy atom. The second-order valence-electron chi connectivity index (χ2n) is 30.6. The summed E-state index contributed by atoms with van der Waals surface area (Å²) in [6, 6.07) is 165. The van der Waals surface area contributed by atoms with Crippen LogP contribution in [0.2, 0.25) is 0 Å². The van der Waals surface area contributed by atoms with Gasteiger partial charge in [0, 0.05) is 0 Å².